The Bertz CT molecular complexity index is 416. The summed E-state index contributed by atoms with van der Waals surface area (Å²) in [6.45, 7) is 2.59. The van der Waals surface area contributed by atoms with Gasteiger partial charge >= 0.3 is 0 Å². The fourth-order valence-electron chi connectivity index (χ4n) is 1.91. The summed E-state index contributed by atoms with van der Waals surface area (Å²) in [5, 5.41) is 7.31. The minimum Gasteiger partial charge on any atom is -0.384 e. The SMILES string of the molecule is N=C(N)c1cccc(CN2CCSCC2)c1F. The van der Waals surface area contributed by atoms with Crippen LogP contribution in [-0.4, -0.2) is 35.3 Å². The molecule has 0 radical (unpaired) electrons. The largest absolute Gasteiger partial charge is 0.384 e. The average molecular weight is 253 g/mol. The Hall–Kier alpha value is -1.07. The van der Waals surface area contributed by atoms with Crippen molar-refractivity contribution < 1.29 is 4.39 Å². The second-order valence-electron chi connectivity index (χ2n) is 4.08. The highest BCUT2D eigenvalue weighted by Crippen LogP contribution is 2.17. The zero-order valence-corrected chi connectivity index (χ0v) is 10.4. The van der Waals surface area contributed by atoms with Crippen LogP contribution in [0.2, 0.25) is 0 Å². The van der Waals surface area contributed by atoms with E-state index in [9.17, 15) is 4.39 Å². The number of nitrogens with one attached hydrogen (secondary N) is 1. The van der Waals surface area contributed by atoms with Crippen LogP contribution in [0, 0.1) is 11.2 Å². The third kappa shape index (κ3) is 2.98. The molecule has 3 N–H and O–H groups in total. The van der Waals surface area contributed by atoms with Gasteiger partial charge in [0.2, 0.25) is 0 Å². The molecule has 3 nitrogen and oxygen atoms in total. The van der Waals surface area contributed by atoms with E-state index in [4.69, 9.17) is 11.1 Å². The summed E-state index contributed by atoms with van der Waals surface area (Å²) in [7, 11) is 0. The molecule has 2 rings (SSSR count). The quantitative estimate of drug-likeness (QED) is 0.636. The molecule has 0 unspecified atom stereocenters. The first-order chi connectivity index (χ1) is 8.18. The summed E-state index contributed by atoms with van der Waals surface area (Å²) >= 11 is 1.93. The molecule has 0 spiro atoms. The molecule has 1 aromatic carbocycles. The van der Waals surface area contributed by atoms with Crippen molar-refractivity contribution >= 4 is 17.6 Å². The molecule has 1 aliphatic heterocycles. The van der Waals surface area contributed by atoms with E-state index in [0.29, 0.717) is 12.1 Å². The van der Waals surface area contributed by atoms with E-state index in [1.165, 1.54) is 0 Å². The van der Waals surface area contributed by atoms with Crippen molar-refractivity contribution in [2.24, 2.45) is 5.73 Å². The number of hydrogen-bond acceptors (Lipinski definition) is 3. The maximum Gasteiger partial charge on any atom is 0.138 e. The van der Waals surface area contributed by atoms with Gasteiger partial charge in [0.15, 0.2) is 0 Å². The van der Waals surface area contributed by atoms with E-state index in [1.54, 1.807) is 18.2 Å². The fraction of sp³-hybridized carbons (Fsp3) is 0.417. The van der Waals surface area contributed by atoms with Gasteiger partial charge in [0, 0.05) is 36.7 Å². The molecule has 17 heavy (non-hydrogen) atoms. The molecule has 5 heteroatoms. The highest BCUT2D eigenvalue weighted by molar-refractivity contribution is 7.99. The van der Waals surface area contributed by atoms with Crippen LogP contribution < -0.4 is 5.73 Å². The molecule has 0 atom stereocenters. The van der Waals surface area contributed by atoms with Crippen LogP contribution in [-0.2, 0) is 6.54 Å². The summed E-state index contributed by atoms with van der Waals surface area (Å²) in [6, 6.07) is 5.07. The predicted octanol–water partition coefficient (Wildman–Crippen LogP) is 1.66. The van der Waals surface area contributed by atoms with Gasteiger partial charge < -0.3 is 5.73 Å². The molecule has 1 aromatic rings. The van der Waals surface area contributed by atoms with Crippen molar-refractivity contribution in [1.29, 1.82) is 5.41 Å². The van der Waals surface area contributed by atoms with E-state index in [-0.39, 0.29) is 17.2 Å². The van der Waals surface area contributed by atoms with Gasteiger partial charge in [-0.15, -0.1) is 0 Å². The van der Waals surface area contributed by atoms with E-state index in [0.717, 1.165) is 24.6 Å². The monoisotopic (exact) mass is 253 g/mol. The zero-order chi connectivity index (χ0) is 12.3. The van der Waals surface area contributed by atoms with Gasteiger partial charge in [-0.2, -0.15) is 11.8 Å². The summed E-state index contributed by atoms with van der Waals surface area (Å²) in [4.78, 5) is 2.23. The first-order valence-corrected chi connectivity index (χ1v) is 6.76. The van der Waals surface area contributed by atoms with Crippen LogP contribution in [0.25, 0.3) is 0 Å². The molecule has 0 aromatic heterocycles. The molecule has 1 heterocycles. The lowest BCUT2D eigenvalue weighted by atomic mass is 10.1. The van der Waals surface area contributed by atoms with E-state index in [1.807, 2.05) is 11.8 Å². The minimum atomic E-state index is -0.349. The molecule has 0 aliphatic carbocycles. The number of thioether (sulfide) groups is 1. The molecular formula is C12H16FN3S. The van der Waals surface area contributed by atoms with Gasteiger partial charge in [-0.1, -0.05) is 12.1 Å². The highest BCUT2D eigenvalue weighted by atomic mass is 32.2. The average Bonchev–Trinajstić information content (AvgIpc) is 2.33. The Kier molecular flexibility index (Phi) is 4.02. The Morgan fingerprint density at radius 2 is 2.12 bits per heavy atom. The normalized spacial score (nSPS) is 17.0. The standard InChI is InChI=1S/C12H16FN3S/c13-11-9(2-1-3-10(11)12(14)15)8-16-4-6-17-7-5-16/h1-3H,4-8H2,(H3,14,15). The minimum absolute atomic E-state index is 0.203. The first-order valence-electron chi connectivity index (χ1n) is 5.60. The van der Waals surface area contributed by atoms with Gasteiger partial charge in [0.25, 0.3) is 0 Å². The summed E-state index contributed by atoms with van der Waals surface area (Å²) in [5.74, 6) is 1.65. The lowest BCUT2D eigenvalue weighted by molar-refractivity contribution is 0.290. The topological polar surface area (TPSA) is 53.1 Å². The highest BCUT2D eigenvalue weighted by Gasteiger charge is 2.15. The molecular weight excluding hydrogens is 237 g/mol. The Morgan fingerprint density at radius 1 is 1.41 bits per heavy atom. The van der Waals surface area contributed by atoms with E-state index in [2.05, 4.69) is 4.90 Å². The van der Waals surface area contributed by atoms with Gasteiger partial charge in [-0.05, 0) is 6.07 Å². The van der Waals surface area contributed by atoms with Gasteiger partial charge in [0.05, 0.1) is 5.56 Å². The van der Waals surface area contributed by atoms with Gasteiger partial charge in [-0.3, -0.25) is 10.3 Å². The fourth-order valence-corrected chi connectivity index (χ4v) is 2.89. The lowest BCUT2D eigenvalue weighted by Crippen LogP contribution is -2.32. The van der Waals surface area contributed by atoms with Gasteiger partial charge in [-0.25, -0.2) is 4.39 Å². The maximum absolute atomic E-state index is 14.0. The van der Waals surface area contributed by atoms with Crippen LogP contribution in [0.4, 0.5) is 4.39 Å². The number of amidine groups is 1. The Morgan fingerprint density at radius 3 is 2.76 bits per heavy atom. The molecule has 0 amide bonds. The number of halogens is 1. The third-order valence-corrected chi connectivity index (χ3v) is 3.81. The van der Waals surface area contributed by atoms with Crippen molar-refractivity contribution in [2.45, 2.75) is 6.54 Å². The molecule has 92 valence electrons. The van der Waals surface area contributed by atoms with Crippen LogP contribution >= 0.6 is 11.8 Å². The predicted molar refractivity (Wildman–Crippen MR) is 70.0 cm³/mol. The van der Waals surface area contributed by atoms with Crippen molar-refractivity contribution in [2.75, 3.05) is 24.6 Å². The number of nitrogen functional groups attached to an aromatic ring is 1. The van der Waals surface area contributed by atoms with Crippen molar-refractivity contribution in [3.8, 4) is 0 Å². The van der Waals surface area contributed by atoms with Crippen molar-refractivity contribution in [3.05, 3.63) is 35.1 Å². The second kappa shape index (κ2) is 5.51. The first kappa shape index (κ1) is 12.4. The molecule has 1 saturated heterocycles. The number of nitrogens with zero attached hydrogens (tertiary/aromatic N) is 1. The summed E-state index contributed by atoms with van der Waals surface area (Å²) in [5.41, 5.74) is 6.17. The molecule has 0 saturated carbocycles. The lowest BCUT2D eigenvalue weighted by Gasteiger charge is -2.26. The number of hydrogen-bond donors (Lipinski definition) is 2. The Labute approximate surface area is 105 Å². The van der Waals surface area contributed by atoms with Gasteiger partial charge in [0.1, 0.15) is 11.7 Å². The third-order valence-electron chi connectivity index (χ3n) is 2.87. The Balaban J connectivity index is 2.15. The van der Waals surface area contributed by atoms with Crippen molar-refractivity contribution in [1.82, 2.24) is 4.90 Å². The van der Waals surface area contributed by atoms with E-state index >= 15 is 0 Å². The van der Waals surface area contributed by atoms with Crippen LogP contribution in [0.1, 0.15) is 11.1 Å². The van der Waals surface area contributed by atoms with E-state index < -0.39 is 0 Å². The number of nitrogens with two attached hydrogens (primary N) is 1. The molecule has 0 bridgehead atoms. The van der Waals surface area contributed by atoms with Crippen LogP contribution in [0.5, 0.6) is 0 Å². The zero-order valence-electron chi connectivity index (χ0n) is 9.58. The second-order valence-corrected chi connectivity index (χ2v) is 5.31. The van der Waals surface area contributed by atoms with Crippen LogP contribution in [0.15, 0.2) is 18.2 Å². The summed E-state index contributed by atoms with van der Waals surface area (Å²) < 4.78 is 14.0. The molecule has 1 aliphatic rings. The van der Waals surface area contributed by atoms with Crippen molar-refractivity contribution in [3.63, 3.8) is 0 Å². The summed E-state index contributed by atoms with van der Waals surface area (Å²) in [6.07, 6.45) is 0. The number of rotatable bonds is 3. The molecule has 1 fully saturated rings. The maximum atomic E-state index is 14.0. The smallest absolute Gasteiger partial charge is 0.138 e. The number of benzene rings is 1. The van der Waals surface area contributed by atoms with Crippen LogP contribution in [0.3, 0.4) is 0 Å².